The third-order valence-corrected chi connectivity index (χ3v) is 5.04. The van der Waals surface area contributed by atoms with Gasteiger partial charge >= 0.3 is 0 Å². The van der Waals surface area contributed by atoms with E-state index in [4.69, 9.17) is 9.47 Å². The van der Waals surface area contributed by atoms with Crippen LogP contribution in [0.25, 0.3) is 0 Å². The Morgan fingerprint density at radius 2 is 2.07 bits per heavy atom. The highest BCUT2D eigenvalue weighted by atomic mass is 16.5. The lowest BCUT2D eigenvalue weighted by Crippen LogP contribution is -2.49. The van der Waals surface area contributed by atoms with Gasteiger partial charge in [-0.3, -0.25) is 4.99 Å². The van der Waals surface area contributed by atoms with Gasteiger partial charge in [-0.1, -0.05) is 6.07 Å². The number of hydrogen-bond acceptors (Lipinski definition) is 5. The maximum Gasteiger partial charge on any atom is 0.191 e. The van der Waals surface area contributed by atoms with E-state index in [0.717, 1.165) is 63.6 Å². The minimum atomic E-state index is 0.258. The van der Waals surface area contributed by atoms with E-state index in [2.05, 4.69) is 27.4 Å². The van der Waals surface area contributed by atoms with Gasteiger partial charge in [-0.05, 0) is 44.2 Å². The van der Waals surface area contributed by atoms with Gasteiger partial charge in [0.05, 0.1) is 7.11 Å². The lowest BCUT2D eigenvalue weighted by Gasteiger charge is -2.33. The molecule has 0 aromatic heterocycles. The molecule has 0 amide bonds. The van der Waals surface area contributed by atoms with E-state index in [0.29, 0.717) is 24.8 Å². The fraction of sp³-hybridized carbons (Fsp3) is 0.667. The number of benzene rings is 1. The first-order chi connectivity index (χ1) is 13.7. The van der Waals surface area contributed by atoms with E-state index in [1.54, 1.807) is 20.3 Å². The molecule has 0 unspecified atom stereocenters. The quantitative estimate of drug-likeness (QED) is 0.321. The maximum absolute atomic E-state index is 10.1. The molecule has 1 aromatic rings. The molecular weight excluding hydrogens is 356 g/mol. The van der Waals surface area contributed by atoms with Gasteiger partial charge in [0.1, 0.15) is 11.5 Å². The molecule has 158 valence electrons. The predicted molar refractivity (Wildman–Crippen MR) is 113 cm³/mol. The standard InChI is InChI=1S/C21H36N4O3/c1-4-22-21(23-11-8-17-6-7-19(28-3)16-20(17)26)24-18-9-13-25(14-10-18)12-5-15-27-2/h6-7,16,18,26H,4-5,8-15H2,1-3H3,(H2,22,23,24). The van der Waals surface area contributed by atoms with E-state index in [-0.39, 0.29) is 5.75 Å². The van der Waals surface area contributed by atoms with E-state index < -0.39 is 0 Å². The lowest BCUT2D eigenvalue weighted by molar-refractivity contribution is 0.155. The summed E-state index contributed by atoms with van der Waals surface area (Å²) in [6.07, 6.45) is 4.02. The fourth-order valence-electron chi connectivity index (χ4n) is 3.42. The maximum atomic E-state index is 10.1. The van der Waals surface area contributed by atoms with Gasteiger partial charge in [0.2, 0.25) is 0 Å². The molecule has 1 aromatic carbocycles. The molecule has 7 heteroatoms. The molecule has 1 aliphatic rings. The van der Waals surface area contributed by atoms with Gasteiger partial charge in [-0.15, -0.1) is 0 Å². The molecule has 2 rings (SSSR count). The number of guanidine groups is 1. The molecular formula is C21H36N4O3. The summed E-state index contributed by atoms with van der Waals surface area (Å²) in [5, 5.41) is 17.0. The third kappa shape index (κ3) is 7.56. The first-order valence-corrected chi connectivity index (χ1v) is 10.3. The van der Waals surface area contributed by atoms with Gasteiger partial charge in [0, 0.05) is 58.5 Å². The third-order valence-electron chi connectivity index (χ3n) is 5.04. The normalized spacial score (nSPS) is 16.2. The van der Waals surface area contributed by atoms with Crippen LogP contribution in [0.5, 0.6) is 11.5 Å². The zero-order valence-corrected chi connectivity index (χ0v) is 17.5. The minimum absolute atomic E-state index is 0.258. The number of aliphatic imine (C=N–C) groups is 1. The molecule has 0 atom stereocenters. The van der Waals surface area contributed by atoms with Crippen LogP contribution < -0.4 is 15.4 Å². The number of ether oxygens (including phenoxy) is 2. The second-order valence-electron chi connectivity index (χ2n) is 7.11. The van der Waals surface area contributed by atoms with E-state index in [1.165, 1.54) is 0 Å². The Balaban J connectivity index is 1.79. The van der Waals surface area contributed by atoms with Crippen LogP contribution in [-0.2, 0) is 11.2 Å². The van der Waals surface area contributed by atoms with Crippen LogP contribution in [0.15, 0.2) is 23.2 Å². The van der Waals surface area contributed by atoms with Crippen molar-refractivity contribution in [3.8, 4) is 11.5 Å². The van der Waals surface area contributed by atoms with Gasteiger partial charge < -0.3 is 30.1 Å². The Labute approximate surface area is 169 Å². The highest BCUT2D eigenvalue weighted by Gasteiger charge is 2.19. The van der Waals surface area contributed by atoms with Gasteiger partial charge in [-0.2, -0.15) is 0 Å². The summed E-state index contributed by atoms with van der Waals surface area (Å²) in [4.78, 5) is 7.20. The molecule has 7 nitrogen and oxygen atoms in total. The number of nitrogens with zero attached hydrogens (tertiary/aromatic N) is 2. The van der Waals surface area contributed by atoms with Crippen molar-refractivity contribution < 1.29 is 14.6 Å². The van der Waals surface area contributed by atoms with E-state index >= 15 is 0 Å². The fourth-order valence-corrected chi connectivity index (χ4v) is 3.42. The molecule has 0 radical (unpaired) electrons. The average molecular weight is 393 g/mol. The average Bonchev–Trinajstić information content (AvgIpc) is 2.70. The predicted octanol–water partition coefficient (Wildman–Crippen LogP) is 2.00. The second kappa shape index (κ2) is 12.5. The molecule has 1 heterocycles. The summed E-state index contributed by atoms with van der Waals surface area (Å²) in [5.41, 5.74) is 0.879. The Morgan fingerprint density at radius 3 is 2.71 bits per heavy atom. The van der Waals surface area contributed by atoms with Crippen molar-refractivity contribution in [1.82, 2.24) is 15.5 Å². The Kier molecular flexibility index (Phi) is 9.93. The van der Waals surface area contributed by atoms with Crippen molar-refractivity contribution in [1.29, 1.82) is 0 Å². The van der Waals surface area contributed by atoms with Crippen LogP contribution in [-0.4, -0.2) is 75.6 Å². The number of nitrogens with one attached hydrogen (secondary N) is 2. The summed E-state index contributed by atoms with van der Waals surface area (Å²) in [7, 11) is 3.35. The first-order valence-electron chi connectivity index (χ1n) is 10.3. The van der Waals surface area contributed by atoms with Crippen molar-refractivity contribution >= 4 is 5.96 Å². The monoisotopic (exact) mass is 392 g/mol. The number of rotatable bonds is 10. The van der Waals surface area contributed by atoms with Gasteiger partial charge in [0.25, 0.3) is 0 Å². The van der Waals surface area contributed by atoms with Gasteiger partial charge in [0.15, 0.2) is 5.96 Å². The Morgan fingerprint density at radius 1 is 1.29 bits per heavy atom. The highest BCUT2D eigenvalue weighted by molar-refractivity contribution is 5.80. The smallest absolute Gasteiger partial charge is 0.191 e. The summed E-state index contributed by atoms with van der Waals surface area (Å²) < 4.78 is 10.3. The number of hydrogen-bond donors (Lipinski definition) is 3. The summed E-state index contributed by atoms with van der Waals surface area (Å²) in [5.74, 6) is 1.77. The summed E-state index contributed by atoms with van der Waals surface area (Å²) in [6, 6.07) is 5.85. The highest BCUT2D eigenvalue weighted by Crippen LogP contribution is 2.23. The van der Waals surface area contributed by atoms with Crippen LogP contribution in [0.1, 0.15) is 31.7 Å². The molecule has 0 spiro atoms. The largest absolute Gasteiger partial charge is 0.508 e. The second-order valence-corrected chi connectivity index (χ2v) is 7.11. The summed E-state index contributed by atoms with van der Waals surface area (Å²) in [6.45, 7) is 7.69. The van der Waals surface area contributed by atoms with Crippen molar-refractivity contribution in [2.75, 3.05) is 53.6 Å². The molecule has 28 heavy (non-hydrogen) atoms. The zero-order valence-electron chi connectivity index (χ0n) is 17.5. The SMILES string of the molecule is CCNC(=NCCc1ccc(OC)cc1O)NC1CCN(CCCOC)CC1. The molecule has 0 bridgehead atoms. The molecule has 1 fully saturated rings. The topological polar surface area (TPSA) is 78.4 Å². The van der Waals surface area contributed by atoms with Crippen LogP contribution in [0.2, 0.25) is 0 Å². The first kappa shape index (κ1) is 22.3. The van der Waals surface area contributed by atoms with Crippen molar-refractivity contribution in [3.05, 3.63) is 23.8 Å². The number of phenols is 1. The molecule has 1 saturated heterocycles. The van der Waals surface area contributed by atoms with Crippen LogP contribution in [0.3, 0.4) is 0 Å². The zero-order chi connectivity index (χ0) is 20.2. The van der Waals surface area contributed by atoms with E-state index in [1.807, 2.05) is 12.1 Å². The number of phenolic OH excluding ortho intramolecular Hbond substituents is 1. The van der Waals surface area contributed by atoms with Gasteiger partial charge in [-0.25, -0.2) is 0 Å². The lowest BCUT2D eigenvalue weighted by atomic mass is 10.1. The summed E-state index contributed by atoms with van der Waals surface area (Å²) >= 11 is 0. The van der Waals surface area contributed by atoms with Crippen molar-refractivity contribution in [2.24, 2.45) is 4.99 Å². The van der Waals surface area contributed by atoms with Crippen molar-refractivity contribution in [3.63, 3.8) is 0 Å². The number of methoxy groups -OCH3 is 2. The van der Waals surface area contributed by atoms with Crippen LogP contribution >= 0.6 is 0 Å². The number of piperidine rings is 1. The van der Waals surface area contributed by atoms with Crippen molar-refractivity contribution in [2.45, 2.75) is 38.6 Å². The Bertz CT molecular complexity index is 601. The number of aromatic hydroxyl groups is 1. The molecule has 3 N–H and O–H groups in total. The van der Waals surface area contributed by atoms with E-state index in [9.17, 15) is 5.11 Å². The molecule has 0 aliphatic carbocycles. The van der Waals surface area contributed by atoms with Crippen LogP contribution in [0.4, 0.5) is 0 Å². The molecule has 1 aliphatic heterocycles. The Hall–Kier alpha value is -1.99. The minimum Gasteiger partial charge on any atom is -0.508 e. The number of likely N-dealkylation sites (tertiary alicyclic amines) is 1. The van der Waals surface area contributed by atoms with Crippen LogP contribution in [0, 0.1) is 0 Å². The molecule has 0 saturated carbocycles.